The average molecular weight is 188 g/mol. The molecule has 1 fully saturated rings. The molecule has 5 heteroatoms. The molecule has 1 rings (SSSR count). The molecule has 0 aliphatic carbocycles. The van der Waals surface area contributed by atoms with E-state index in [9.17, 15) is 9.59 Å². The molecule has 0 spiro atoms. The molecule has 1 heterocycles. The van der Waals surface area contributed by atoms with Crippen LogP contribution in [-0.2, 0) is 19.0 Å². The monoisotopic (exact) mass is 188 g/mol. The van der Waals surface area contributed by atoms with E-state index in [1.165, 1.54) is 0 Å². The van der Waals surface area contributed by atoms with Crippen molar-refractivity contribution in [1.82, 2.24) is 0 Å². The van der Waals surface area contributed by atoms with Gasteiger partial charge in [0.1, 0.15) is 6.61 Å². The zero-order chi connectivity index (χ0) is 9.84. The molecule has 2 atom stereocenters. The molecule has 1 saturated heterocycles. The lowest BCUT2D eigenvalue weighted by atomic mass is 10.1. The summed E-state index contributed by atoms with van der Waals surface area (Å²) in [6, 6.07) is 0. The molecule has 0 aromatic rings. The van der Waals surface area contributed by atoms with Crippen molar-refractivity contribution in [2.24, 2.45) is 5.92 Å². The summed E-state index contributed by atoms with van der Waals surface area (Å²) in [4.78, 5) is 21.7. The van der Waals surface area contributed by atoms with Crippen LogP contribution in [0.3, 0.4) is 0 Å². The molecule has 0 radical (unpaired) electrons. The Labute approximate surface area is 76.0 Å². The first-order valence-electron chi connectivity index (χ1n) is 4.15. The van der Waals surface area contributed by atoms with Gasteiger partial charge in [0.25, 0.3) is 0 Å². The fourth-order valence-corrected chi connectivity index (χ4v) is 1.01. The number of esters is 1. The van der Waals surface area contributed by atoms with Gasteiger partial charge in [-0.05, 0) is 13.8 Å². The highest BCUT2D eigenvalue weighted by atomic mass is 16.8. The standard InChI is InChI=1S/C8H12O5/c1-3-11-7(9)5(2)6-4-12-8(10)13-6/h5-6H,3-4H2,1-2H3/t5-,6-/m1/s1. The summed E-state index contributed by atoms with van der Waals surface area (Å²) in [5.41, 5.74) is 0. The van der Waals surface area contributed by atoms with E-state index in [1.807, 2.05) is 0 Å². The maximum absolute atomic E-state index is 11.2. The molecule has 0 unspecified atom stereocenters. The van der Waals surface area contributed by atoms with Gasteiger partial charge in [-0.3, -0.25) is 4.79 Å². The third kappa shape index (κ3) is 2.34. The first-order valence-corrected chi connectivity index (χ1v) is 4.15. The van der Waals surface area contributed by atoms with Crippen molar-refractivity contribution in [3.63, 3.8) is 0 Å². The van der Waals surface area contributed by atoms with Crippen molar-refractivity contribution in [1.29, 1.82) is 0 Å². The molecule has 74 valence electrons. The van der Waals surface area contributed by atoms with Gasteiger partial charge in [0.15, 0.2) is 6.10 Å². The van der Waals surface area contributed by atoms with Crippen LogP contribution in [0.25, 0.3) is 0 Å². The van der Waals surface area contributed by atoms with Crippen LogP contribution >= 0.6 is 0 Å². The quantitative estimate of drug-likeness (QED) is 0.611. The van der Waals surface area contributed by atoms with E-state index >= 15 is 0 Å². The summed E-state index contributed by atoms with van der Waals surface area (Å²) in [6.07, 6.45) is -1.23. The molecule has 1 aliphatic rings. The zero-order valence-electron chi connectivity index (χ0n) is 7.61. The minimum atomic E-state index is -0.721. The Morgan fingerprint density at radius 3 is 2.92 bits per heavy atom. The molecule has 0 aromatic heterocycles. The topological polar surface area (TPSA) is 61.8 Å². The van der Waals surface area contributed by atoms with Crippen molar-refractivity contribution < 1.29 is 23.8 Å². The molecule has 13 heavy (non-hydrogen) atoms. The molecule has 0 aromatic carbocycles. The summed E-state index contributed by atoms with van der Waals surface area (Å²) in [6.45, 7) is 3.82. The van der Waals surface area contributed by atoms with Crippen LogP contribution in [0.15, 0.2) is 0 Å². The van der Waals surface area contributed by atoms with Crippen molar-refractivity contribution in [2.75, 3.05) is 13.2 Å². The summed E-state index contributed by atoms with van der Waals surface area (Å²) in [5.74, 6) is -0.836. The summed E-state index contributed by atoms with van der Waals surface area (Å²) >= 11 is 0. The van der Waals surface area contributed by atoms with Gasteiger partial charge >= 0.3 is 12.1 Å². The molecular formula is C8H12O5. The largest absolute Gasteiger partial charge is 0.508 e. The van der Waals surface area contributed by atoms with Gasteiger partial charge < -0.3 is 14.2 Å². The third-order valence-corrected chi connectivity index (χ3v) is 1.83. The Morgan fingerprint density at radius 1 is 1.77 bits per heavy atom. The Bertz CT molecular complexity index is 213. The van der Waals surface area contributed by atoms with E-state index < -0.39 is 18.2 Å². The number of ether oxygens (including phenoxy) is 3. The maximum Gasteiger partial charge on any atom is 0.508 e. The Hall–Kier alpha value is -1.26. The Balaban J connectivity index is 2.43. The average Bonchev–Trinajstić information content (AvgIpc) is 2.51. The second-order valence-corrected chi connectivity index (χ2v) is 2.76. The van der Waals surface area contributed by atoms with E-state index in [1.54, 1.807) is 13.8 Å². The predicted molar refractivity (Wildman–Crippen MR) is 42.0 cm³/mol. The molecule has 0 amide bonds. The van der Waals surface area contributed by atoms with Gasteiger partial charge in [0, 0.05) is 0 Å². The first kappa shape index (κ1) is 9.83. The lowest BCUT2D eigenvalue weighted by Crippen LogP contribution is -2.29. The number of carbonyl (C=O) groups excluding carboxylic acids is 2. The number of carbonyl (C=O) groups is 2. The highest BCUT2D eigenvalue weighted by molar-refractivity contribution is 5.74. The lowest BCUT2D eigenvalue weighted by Gasteiger charge is -2.13. The van der Waals surface area contributed by atoms with E-state index in [0.717, 1.165) is 0 Å². The predicted octanol–water partition coefficient (Wildman–Crippen LogP) is 0.721. The zero-order valence-corrected chi connectivity index (χ0v) is 7.61. The minimum Gasteiger partial charge on any atom is -0.466 e. The first-order chi connectivity index (χ1) is 6.15. The Kier molecular flexibility index (Phi) is 3.11. The number of hydrogen-bond acceptors (Lipinski definition) is 5. The van der Waals surface area contributed by atoms with Crippen LogP contribution in [0.5, 0.6) is 0 Å². The third-order valence-electron chi connectivity index (χ3n) is 1.83. The molecule has 5 nitrogen and oxygen atoms in total. The molecular weight excluding hydrogens is 176 g/mol. The van der Waals surface area contributed by atoms with Gasteiger partial charge in [-0.15, -0.1) is 0 Å². The van der Waals surface area contributed by atoms with Gasteiger partial charge in [0.2, 0.25) is 0 Å². The van der Waals surface area contributed by atoms with Crippen molar-refractivity contribution in [3.05, 3.63) is 0 Å². The van der Waals surface area contributed by atoms with Gasteiger partial charge in [-0.2, -0.15) is 0 Å². The van der Waals surface area contributed by atoms with Gasteiger partial charge in [-0.25, -0.2) is 4.79 Å². The smallest absolute Gasteiger partial charge is 0.466 e. The normalized spacial score (nSPS) is 23.2. The van der Waals surface area contributed by atoms with E-state index in [2.05, 4.69) is 4.74 Å². The molecule has 0 saturated carbocycles. The summed E-state index contributed by atoms with van der Waals surface area (Å²) < 4.78 is 14.0. The number of rotatable bonds is 3. The van der Waals surface area contributed by atoms with Crippen LogP contribution < -0.4 is 0 Å². The van der Waals surface area contributed by atoms with Crippen LogP contribution in [0.4, 0.5) is 4.79 Å². The molecule has 1 aliphatic heterocycles. The summed E-state index contributed by atoms with van der Waals surface area (Å²) in [7, 11) is 0. The fraction of sp³-hybridized carbons (Fsp3) is 0.750. The highest BCUT2D eigenvalue weighted by Gasteiger charge is 2.34. The minimum absolute atomic E-state index is 0.124. The van der Waals surface area contributed by atoms with E-state index in [4.69, 9.17) is 9.47 Å². The van der Waals surface area contributed by atoms with Crippen LogP contribution in [0.1, 0.15) is 13.8 Å². The second-order valence-electron chi connectivity index (χ2n) is 2.76. The van der Waals surface area contributed by atoms with Crippen LogP contribution in [0.2, 0.25) is 0 Å². The highest BCUT2D eigenvalue weighted by Crippen LogP contribution is 2.16. The molecule has 0 N–H and O–H groups in total. The fourth-order valence-electron chi connectivity index (χ4n) is 1.01. The van der Waals surface area contributed by atoms with Crippen LogP contribution in [-0.4, -0.2) is 31.4 Å². The Morgan fingerprint density at radius 2 is 2.46 bits per heavy atom. The van der Waals surface area contributed by atoms with Crippen molar-refractivity contribution >= 4 is 12.1 Å². The van der Waals surface area contributed by atoms with E-state index in [-0.39, 0.29) is 12.6 Å². The number of hydrogen-bond donors (Lipinski definition) is 0. The lowest BCUT2D eigenvalue weighted by molar-refractivity contribution is -0.150. The van der Waals surface area contributed by atoms with Gasteiger partial charge in [-0.1, -0.05) is 0 Å². The second kappa shape index (κ2) is 4.11. The SMILES string of the molecule is CCOC(=O)[C@H](C)[C@H]1COC(=O)O1. The number of cyclic esters (lactones) is 2. The van der Waals surface area contributed by atoms with Gasteiger partial charge in [0.05, 0.1) is 12.5 Å². The maximum atomic E-state index is 11.2. The molecule has 0 bridgehead atoms. The summed E-state index contributed by atoms with van der Waals surface area (Å²) in [5, 5.41) is 0. The van der Waals surface area contributed by atoms with E-state index in [0.29, 0.717) is 6.61 Å². The van der Waals surface area contributed by atoms with Crippen molar-refractivity contribution in [3.8, 4) is 0 Å². The van der Waals surface area contributed by atoms with Crippen LogP contribution in [0, 0.1) is 5.92 Å². The van der Waals surface area contributed by atoms with Crippen molar-refractivity contribution in [2.45, 2.75) is 20.0 Å².